The van der Waals surface area contributed by atoms with Crippen LogP contribution in [-0.4, -0.2) is 42.8 Å². The zero-order valence-electron chi connectivity index (χ0n) is 33.8. The molecule has 0 aromatic rings. The van der Waals surface area contributed by atoms with E-state index in [4.69, 9.17) is 18.5 Å². The van der Waals surface area contributed by atoms with E-state index in [-0.39, 0.29) is 32.2 Å². The monoisotopic (exact) mass is 747 g/mol. The van der Waals surface area contributed by atoms with Crippen LogP contribution < -0.4 is 0 Å². The molecular formula is C42H83O8P. The number of phosphoric ester groups is 1. The average Bonchev–Trinajstić information content (AvgIpc) is 3.11. The van der Waals surface area contributed by atoms with Crippen LogP contribution in [0.4, 0.5) is 0 Å². The third-order valence-corrected chi connectivity index (χ3v) is 10.6. The molecule has 0 aliphatic heterocycles. The molecule has 2 atom stereocenters. The minimum Gasteiger partial charge on any atom is -0.462 e. The molecule has 9 heteroatoms. The van der Waals surface area contributed by atoms with Gasteiger partial charge >= 0.3 is 19.8 Å². The van der Waals surface area contributed by atoms with Crippen molar-refractivity contribution in [2.24, 2.45) is 0 Å². The highest BCUT2D eigenvalue weighted by molar-refractivity contribution is 7.47. The van der Waals surface area contributed by atoms with Gasteiger partial charge < -0.3 is 14.4 Å². The Hall–Kier alpha value is -0.950. The summed E-state index contributed by atoms with van der Waals surface area (Å²) in [6.07, 6.45) is 37.8. The van der Waals surface area contributed by atoms with Gasteiger partial charge in [0.1, 0.15) is 6.61 Å². The highest BCUT2D eigenvalue weighted by Crippen LogP contribution is 2.43. The van der Waals surface area contributed by atoms with E-state index in [9.17, 15) is 19.0 Å². The number of unbranched alkanes of at least 4 members (excludes halogenated alkanes) is 28. The number of carbonyl (C=O) groups is 2. The molecule has 0 saturated heterocycles. The number of phosphoric acid groups is 1. The van der Waals surface area contributed by atoms with Crippen LogP contribution in [-0.2, 0) is 32.7 Å². The first-order valence-electron chi connectivity index (χ1n) is 21.8. The second-order valence-electron chi connectivity index (χ2n) is 14.8. The lowest BCUT2D eigenvalue weighted by Gasteiger charge is -2.20. The van der Waals surface area contributed by atoms with E-state index in [2.05, 4.69) is 13.8 Å². The predicted molar refractivity (Wildman–Crippen MR) is 212 cm³/mol. The molecule has 0 rings (SSSR count). The van der Waals surface area contributed by atoms with Crippen molar-refractivity contribution in [3.63, 3.8) is 0 Å². The SMILES string of the molecule is CCCCCCCCCCCCCCCCCC(=O)OC[C@H](COP(=O)(O)OCCC)OC(=O)CCCCCCCCCCCCCCCCC. The van der Waals surface area contributed by atoms with Gasteiger partial charge in [0.15, 0.2) is 6.10 Å². The summed E-state index contributed by atoms with van der Waals surface area (Å²) in [5.74, 6) is -0.776. The molecule has 0 saturated carbocycles. The number of ether oxygens (including phenoxy) is 2. The van der Waals surface area contributed by atoms with Gasteiger partial charge in [-0.1, -0.05) is 201 Å². The topological polar surface area (TPSA) is 108 Å². The Balaban J connectivity index is 4.11. The number of carbonyl (C=O) groups excluding carboxylic acids is 2. The van der Waals surface area contributed by atoms with Crippen LogP contribution in [0.25, 0.3) is 0 Å². The van der Waals surface area contributed by atoms with Gasteiger partial charge in [-0.3, -0.25) is 18.6 Å². The first-order chi connectivity index (χ1) is 24.8. The summed E-state index contributed by atoms with van der Waals surface area (Å²) in [5.41, 5.74) is 0. The number of rotatable bonds is 41. The van der Waals surface area contributed by atoms with Gasteiger partial charge in [0.05, 0.1) is 13.2 Å². The lowest BCUT2D eigenvalue weighted by Crippen LogP contribution is -2.29. The zero-order chi connectivity index (χ0) is 37.5. The van der Waals surface area contributed by atoms with Gasteiger partial charge in [0.25, 0.3) is 0 Å². The maximum Gasteiger partial charge on any atom is 0.472 e. The van der Waals surface area contributed by atoms with Crippen LogP contribution in [0.3, 0.4) is 0 Å². The molecule has 0 heterocycles. The average molecular weight is 747 g/mol. The van der Waals surface area contributed by atoms with Crippen molar-refractivity contribution < 1.29 is 37.6 Å². The predicted octanol–water partition coefficient (Wildman–Crippen LogP) is 13.5. The quantitative estimate of drug-likeness (QED) is 0.0374. The van der Waals surface area contributed by atoms with E-state index in [0.717, 1.165) is 38.5 Å². The Bertz CT molecular complexity index is 808. The van der Waals surface area contributed by atoms with E-state index >= 15 is 0 Å². The van der Waals surface area contributed by atoms with Crippen molar-refractivity contribution in [2.75, 3.05) is 19.8 Å². The molecule has 0 aromatic heterocycles. The van der Waals surface area contributed by atoms with Crippen molar-refractivity contribution in [1.29, 1.82) is 0 Å². The molecule has 0 fully saturated rings. The summed E-state index contributed by atoms with van der Waals surface area (Å²) in [4.78, 5) is 34.9. The summed E-state index contributed by atoms with van der Waals surface area (Å²) < 4.78 is 33.0. The zero-order valence-corrected chi connectivity index (χ0v) is 34.7. The highest BCUT2D eigenvalue weighted by Gasteiger charge is 2.25. The standard InChI is InChI=1S/C42H83O8P/c1-4-7-9-11-13-15-17-19-21-23-25-27-29-31-33-35-41(43)47-38-40(39-49-51(45,46)48-37-6-3)50-42(44)36-34-32-30-28-26-24-22-20-18-16-14-12-10-8-5-2/h40H,4-39H2,1-3H3,(H,45,46)/t40-/m1/s1. The highest BCUT2D eigenvalue weighted by atomic mass is 31.2. The van der Waals surface area contributed by atoms with Gasteiger partial charge in [-0.25, -0.2) is 4.57 Å². The fourth-order valence-electron chi connectivity index (χ4n) is 6.32. The van der Waals surface area contributed by atoms with Crippen LogP contribution in [0.5, 0.6) is 0 Å². The summed E-state index contributed by atoms with van der Waals surface area (Å²) in [7, 11) is -4.29. The van der Waals surface area contributed by atoms with Crippen LogP contribution in [0, 0.1) is 0 Å². The maximum absolute atomic E-state index is 12.6. The Morgan fingerprint density at radius 1 is 0.451 bits per heavy atom. The Morgan fingerprint density at radius 3 is 1.14 bits per heavy atom. The largest absolute Gasteiger partial charge is 0.472 e. The molecule has 0 radical (unpaired) electrons. The Morgan fingerprint density at radius 2 is 0.784 bits per heavy atom. The van der Waals surface area contributed by atoms with Crippen molar-refractivity contribution in [1.82, 2.24) is 0 Å². The van der Waals surface area contributed by atoms with E-state index in [1.165, 1.54) is 154 Å². The molecular weight excluding hydrogens is 663 g/mol. The van der Waals surface area contributed by atoms with Crippen LogP contribution in [0.2, 0.25) is 0 Å². The van der Waals surface area contributed by atoms with Gasteiger partial charge in [0, 0.05) is 12.8 Å². The minimum atomic E-state index is -4.29. The molecule has 8 nitrogen and oxygen atoms in total. The van der Waals surface area contributed by atoms with Gasteiger partial charge in [-0.15, -0.1) is 0 Å². The molecule has 304 valence electrons. The molecule has 0 spiro atoms. The molecule has 0 amide bonds. The summed E-state index contributed by atoms with van der Waals surface area (Å²) >= 11 is 0. The van der Waals surface area contributed by atoms with Crippen molar-refractivity contribution in [2.45, 2.75) is 239 Å². The first kappa shape index (κ1) is 50.1. The maximum atomic E-state index is 12.6. The van der Waals surface area contributed by atoms with Crippen LogP contribution >= 0.6 is 7.82 Å². The first-order valence-corrected chi connectivity index (χ1v) is 23.3. The summed E-state index contributed by atoms with van der Waals surface area (Å²) in [5, 5.41) is 0. The molecule has 1 unspecified atom stereocenters. The lowest BCUT2D eigenvalue weighted by atomic mass is 10.0. The molecule has 0 bridgehead atoms. The smallest absolute Gasteiger partial charge is 0.462 e. The van der Waals surface area contributed by atoms with E-state index in [0.29, 0.717) is 12.8 Å². The molecule has 51 heavy (non-hydrogen) atoms. The second-order valence-corrected chi connectivity index (χ2v) is 16.2. The molecule has 0 aliphatic rings. The third-order valence-electron chi connectivity index (χ3n) is 9.58. The molecule has 0 aromatic carbocycles. The van der Waals surface area contributed by atoms with Crippen molar-refractivity contribution in [3.05, 3.63) is 0 Å². The van der Waals surface area contributed by atoms with E-state index in [1.807, 2.05) is 6.92 Å². The normalized spacial score (nSPS) is 13.3. The van der Waals surface area contributed by atoms with Gasteiger partial charge in [0.2, 0.25) is 0 Å². The number of hydrogen-bond acceptors (Lipinski definition) is 7. The van der Waals surface area contributed by atoms with E-state index < -0.39 is 19.9 Å². The second kappa shape index (κ2) is 38.8. The van der Waals surface area contributed by atoms with Crippen molar-refractivity contribution >= 4 is 19.8 Å². The van der Waals surface area contributed by atoms with Gasteiger partial charge in [-0.05, 0) is 19.3 Å². The lowest BCUT2D eigenvalue weighted by molar-refractivity contribution is -0.161. The van der Waals surface area contributed by atoms with Crippen LogP contribution in [0.1, 0.15) is 233 Å². The fourth-order valence-corrected chi connectivity index (χ4v) is 7.16. The Kier molecular flexibility index (Phi) is 38.0. The minimum absolute atomic E-state index is 0.0751. The van der Waals surface area contributed by atoms with Gasteiger partial charge in [-0.2, -0.15) is 0 Å². The molecule has 0 aliphatic carbocycles. The summed E-state index contributed by atoms with van der Waals surface area (Å²) in [6, 6.07) is 0. The number of hydrogen-bond donors (Lipinski definition) is 1. The molecule has 1 N–H and O–H groups in total. The fraction of sp³-hybridized carbons (Fsp3) is 0.952. The van der Waals surface area contributed by atoms with Crippen LogP contribution in [0.15, 0.2) is 0 Å². The Labute approximate surface area is 315 Å². The van der Waals surface area contributed by atoms with Crippen molar-refractivity contribution in [3.8, 4) is 0 Å². The summed E-state index contributed by atoms with van der Waals surface area (Å²) in [6.45, 7) is 5.83. The third kappa shape index (κ3) is 38.6. The van der Waals surface area contributed by atoms with E-state index in [1.54, 1.807) is 0 Å². The number of esters is 2.